The molecule has 122 valence electrons. The lowest BCUT2D eigenvalue weighted by Crippen LogP contribution is -2.55. The molecular formula is C19H24N2O2. The molecule has 2 bridgehead atoms. The fraction of sp³-hybridized carbons (Fsp3) is 0.526. The second-order valence-electron chi connectivity index (χ2n) is 7.08. The number of furan rings is 1. The summed E-state index contributed by atoms with van der Waals surface area (Å²) in [5, 5.41) is 4.19. The van der Waals surface area contributed by atoms with Crippen LogP contribution in [0.2, 0.25) is 0 Å². The van der Waals surface area contributed by atoms with Crippen molar-refractivity contribution in [3.8, 4) is 0 Å². The SMILES string of the molecule is Cc1oc2ccccc2c1C(=O)NC1C[C@H]2CCC[C@@H](C1)N2C. The Labute approximate surface area is 136 Å². The Hall–Kier alpha value is -1.81. The summed E-state index contributed by atoms with van der Waals surface area (Å²) in [4.78, 5) is 15.3. The minimum atomic E-state index is 0.0140. The number of benzene rings is 1. The number of nitrogens with one attached hydrogen (secondary N) is 1. The zero-order chi connectivity index (χ0) is 16.0. The maximum absolute atomic E-state index is 12.8. The molecule has 4 nitrogen and oxygen atoms in total. The maximum atomic E-state index is 12.8. The van der Waals surface area contributed by atoms with Crippen molar-refractivity contribution >= 4 is 16.9 Å². The predicted molar refractivity (Wildman–Crippen MR) is 90.6 cm³/mol. The molecule has 2 fully saturated rings. The molecule has 0 spiro atoms. The van der Waals surface area contributed by atoms with Gasteiger partial charge in [0, 0.05) is 23.5 Å². The first-order chi connectivity index (χ1) is 11.1. The van der Waals surface area contributed by atoms with Gasteiger partial charge < -0.3 is 14.6 Å². The molecule has 0 radical (unpaired) electrons. The van der Waals surface area contributed by atoms with Crippen LogP contribution < -0.4 is 5.32 Å². The van der Waals surface area contributed by atoms with Gasteiger partial charge in [-0.3, -0.25) is 4.79 Å². The van der Waals surface area contributed by atoms with Crippen LogP contribution in [0.5, 0.6) is 0 Å². The van der Waals surface area contributed by atoms with Crippen molar-refractivity contribution in [3.05, 3.63) is 35.6 Å². The van der Waals surface area contributed by atoms with Gasteiger partial charge in [0.1, 0.15) is 11.3 Å². The van der Waals surface area contributed by atoms with Gasteiger partial charge in [-0.1, -0.05) is 24.6 Å². The minimum absolute atomic E-state index is 0.0140. The molecular weight excluding hydrogens is 288 g/mol. The Morgan fingerprint density at radius 1 is 1.22 bits per heavy atom. The standard InChI is InChI=1S/C19H24N2O2/c1-12-18(16-8-3-4-9-17(16)23-12)19(22)20-13-10-14-6-5-7-15(11-13)21(14)2/h3-4,8-9,13-15H,5-7,10-11H2,1-2H3,(H,20,22)/t13?,14-,15+. The largest absolute Gasteiger partial charge is 0.461 e. The topological polar surface area (TPSA) is 45.5 Å². The number of piperidine rings is 2. The van der Waals surface area contributed by atoms with Crippen molar-refractivity contribution in [2.75, 3.05) is 7.05 Å². The molecule has 2 aliphatic heterocycles. The van der Waals surface area contributed by atoms with Crippen LogP contribution in [0.4, 0.5) is 0 Å². The van der Waals surface area contributed by atoms with Crippen LogP contribution in [-0.4, -0.2) is 36.0 Å². The van der Waals surface area contributed by atoms with E-state index in [0.717, 1.165) is 23.8 Å². The smallest absolute Gasteiger partial charge is 0.255 e. The first-order valence-corrected chi connectivity index (χ1v) is 8.64. The fourth-order valence-corrected chi connectivity index (χ4v) is 4.44. The summed E-state index contributed by atoms with van der Waals surface area (Å²) >= 11 is 0. The van der Waals surface area contributed by atoms with E-state index >= 15 is 0 Å². The Kier molecular flexibility index (Phi) is 3.64. The highest BCUT2D eigenvalue weighted by Crippen LogP contribution is 2.33. The number of aryl methyl sites for hydroxylation is 1. The van der Waals surface area contributed by atoms with Gasteiger partial charge >= 0.3 is 0 Å². The Morgan fingerprint density at radius 3 is 2.65 bits per heavy atom. The number of carbonyl (C=O) groups excluding carboxylic acids is 1. The van der Waals surface area contributed by atoms with Crippen molar-refractivity contribution in [1.82, 2.24) is 10.2 Å². The van der Waals surface area contributed by atoms with E-state index in [9.17, 15) is 4.79 Å². The molecule has 2 aliphatic rings. The summed E-state index contributed by atoms with van der Waals surface area (Å²) in [5.41, 5.74) is 1.49. The summed E-state index contributed by atoms with van der Waals surface area (Å²) in [7, 11) is 2.24. The minimum Gasteiger partial charge on any atom is -0.461 e. The quantitative estimate of drug-likeness (QED) is 0.923. The van der Waals surface area contributed by atoms with Crippen LogP contribution in [0.15, 0.2) is 28.7 Å². The van der Waals surface area contributed by atoms with E-state index in [4.69, 9.17) is 4.42 Å². The number of fused-ring (bicyclic) bond motifs is 3. The lowest BCUT2D eigenvalue weighted by Gasteiger charge is -2.47. The molecule has 4 heteroatoms. The van der Waals surface area contributed by atoms with E-state index < -0.39 is 0 Å². The van der Waals surface area contributed by atoms with Gasteiger partial charge in [0.2, 0.25) is 0 Å². The van der Waals surface area contributed by atoms with Crippen LogP contribution in [0, 0.1) is 6.92 Å². The predicted octanol–water partition coefficient (Wildman–Crippen LogP) is 3.49. The monoisotopic (exact) mass is 312 g/mol. The van der Waals surface area contributed by atoms with Gasteiger partial charge in [0.05, 0.1) is 5.56 Å². The van der Waals surface area contributed by atoms with E-state index in [-0.39, 0.29) is 11.9 Å². The van der Waals surface area contributed by atoms with Crippen molar-refractivity contribution in [1.29, 1.82) is 0 Å². The molecule has 23 heavy (non-hydrogen) atoms. The number of rotatable bonds is 2. The molecule has 1 unspecified atom stereocenters. The van der Waals surface area contributed by atoms with E-state index in [2.05, 4.69) is 17.3 Å². The van der Waals surface area contributed by atoms with Crippen LogP contribution in [0.1, 0.15) is 48.2 Å². The third-order valence-electron chi connectivity index (χ3n) is 5.67. The first-order valence-electron chi connectivity index (χ1n) is 8.64. The van der Waals surface area contributed by atoms with E-state index in [1.807, 2.05) is 31.2 Å². The average Bonchev–Trinajstić information content (AvgIpc) is 2.84. The van der Waals surface area contributed by atoms with Gasteiger partial charge in [-0.2, -0.15) is 0 Å². The maximum Gasteiger partial charge on any atom is 0.255 e. The highest BCUT2D eigenvalue weighted by molar-refractivity contribution is 6.07. The van der Waals surface area contributed by atoms with Gasteiger partial charge in [0.15, 0.2) is 0 Å². The number of hydrogen-bond acceptors (Lipinski definition) is 3. The molecule has 2 saturated heterocycles. The first kappa shape index (κ1) is 14.8. The fourth-order valence-electron chi connectivity index (χ4n) is 4.44. The van der Waals surface area contributed by atoms with Crippen LogP contribution in [0.3, 0.4) is 0 Å². The lowest BCUT2D eigenvalue weighted by atomic mass is 9.82. The van der Waals surface area contributed by atoms with Gasteiger partial charge in [-0.25, -0.2) is 0 Å². The molecule has 0 aliphatic carbocycles. The van der Waals surface area contributed by atoms with Crippen molar-refractivity contribution in [2.45, 2.75) is 57.2 Å². The lowest BCUT2D eigenvalue weighted by molar-refractivity contribution is 0.0463. The normalized spacial score (nSPS) is 28.0. The zero-order valence-corrected chi connectivity index (χ0v) is 13.8. The van der Waals surface area contributed by atoms with Gasteiger partial charge in [0.25, 0.3) is 5.91 Å². The van der Waals surface area contributed by atoms with Crippen molar-refractivity contribution in [3.63, 3.8) is 0 Å². The van der Waals surface area contributed by atoms with Gasteiger partial charge in [-0.15, -0.1) is 0 Å². The van der Waals surface area contributed by atoms with Crippen LogP contribution in [0.25, 0.3) is 11.0 Å². The zero-order valence-electron chi connectivity index (χ0n) is 13.8. The molecule has 1 aromatic carbocycles. The second kappa shape index (κ2) is 5.68. The molecule has 4 rings (SSSR count). The van der Waals surface area contributed by atoms with Crippen LogP contribution >= 0.6 is 0 Å². The highest BCUT2D eigenvalue weighted by atomic mass is 16.3. The van der Waals surface area contributed by atoms with Crippen LogP contribution in [-0.2, 0) is 0 Å². The Morgan fingerprint density at radius 2 is 1.91 bits per heavy atom. The summed E-state index contributed by atoms with van der Waals surface area (Å²) in [5.74, 6) is 0.719. The third-order valence-corrected chi connectivity index (χ3v) is 5.67. The molecule has 3 heterocycles. The molecule has 0 saturated carbocycles. The van der Waals surface area contributed by atoms with E-state index in [1.54, 1.807) is 0 Å². The summed E-state index contributed by atoms with van der Waals surface area (Å²) < 4.78 is 5.73. The molecule has 1 amide bonds. The third kappa shape index (κ3) is 2.55. The molecule has 2 aromatic rings. The van der Waals surface area contributed by atoms with E-state index in [0.29, 0.717) is 23.4 Å². The van der Waals surface area contributed by atoms with Gasteiger partial charge in [-0.05, 0) is 45.7 Å². The Balaban J connectivity index is 1.55. The van der Waals surface area contributed by atoms with E-state index in [1.165, 1.54) is 19.3 Å². The Bertz CT molecular complexity index is 722. The number of nitrogens with zero attached hydrogens (tertiary/aromatic N) is 1. The van der Waals surface area contributed by atoms with Crippen molar-refractivity contribution < 1.29 is 9.21 Å². The summed E-state index contributed by atoms with van der Waals surface area (Å²) in [6.45, 7) is 1.87. The molecule has 1 N–H and O–H groups in total. The summed E-state index contributed by atoms with van der Waals surface area (Å²) in [6, 6.07) is 9.29. The highest BCUT2D eigenvalue weighted by Gasteiger charge is 2.36. The number of carbonyl (C=O) groups is 1. The number of amides is 1. The van der Waals surface area contributed by atoms with Crippen molar-refractivity contribution in [2.24, 2.45) is 0 Å². The summed E-state index contributed by atoms with van der Waals surface area (Å²) in [6.07, 6.45) is 5.97. The molecule has 1 aromatic heterocycles. The average molecular weight is 312 g/mol. The molecule has 3 atom stereocenters. The number of hydrogen-bond donors (Lipinski definition) is 1. The number of para-hydroxylation sites is 1. The second-order valence-corrected chi connectivity index (χ2v) is 7.08.